The molecular formula is C30H26F2N4O4S. The van der Waals surface area contributed by atoms with Crippen molar-refractivity contribution < 1.29 is 27.6 Å². The summed E-state index contributed by atoms with van der Waals surface area (Å²) in [5, 5.41) is 14.6. The minimum Gasteiger partial charge on any atom is -0.465 e. The predicted octanol–water partition coefficient (Wildman–Crippen LogP) is 6.48. The number of halogens is 2. The maximum absolute atomic E-state index is 14.6. The summed E-state index contributed by atoms with van der Waals surface area (Å²) in [6.07, 6.45) is 5.41. The highest BCUT2D eigenvalue weighted by Crippen LogP contribution is 2.46. The topological polar surface area (TPSA) is 101 Å². The zero-order chi connectivity index (χ0) is 28.2. The van der Waals surface area contributed by atoms with Gasteiger partial charge in [0.1, 0.15) is 34.7 Å². The van der Waals surface area contributed by atoms with E-state index in [4.69, 9.17) is 19.0 Å². The smallest absolute Gasteiger partial charge is 0.337 e. The normalized spacial score (nSPS) is 21.8. The lowest BCUT2D eigenvalue weighted by atomic mass is 10.00. The van der Waals surface area contributed by atoms with Crippen LogP contribution in [0.5, 0.6) is 0 Å². The lowest BCUT2D eigenvalue weighted by Crippen LogP contribution is -2.45. The molecule has 4 aromatic rings. The molecule has 2 saturated heterocycles. The summed E-state index contributed by atoms with van der Waals surface area (Å²) in [6.45, 7) is 0.172. The number of hydrogen-bond acceptors (Lipinski definition) is 9. The van der Waals surface area contributed by atoms with E-state index in [1.165, 1.54) is 42.7 Å². The maximum atomic E-state index is 14.6. The minimum absolute atomic E-state index is 0.0426. The van der Waals surface area contributed by atoms with Gasteiger partial charge in [-0.2, -0.15) is 5.26 Å². The highest BCUT2D eigenvalue weighted by atomic mass is 32.1. The molecule has 1 aliphatic carbocycles. The molecular weight excluding hydrogens is 550 g/mol. The van der Waals surface area contributed by atoms with Gasteiger partial charge in [-0.05, 0) is 62.8 Å². The van der Waals surface area contributed by atoms with E-state index in [2.05, 4.69) is 16.1 Å². The Hall–Kier alpha value is -3.88. The first-order valence-corrected chi connectivity index (χ1v) is 14.5. The van der Waals surface area contributed by atoms with Gasteiger partial charge in [0.2, 0.25) is 0 Å². The van der Waals surface area contributed by atoms with Crippen molar-refractivity contribution in [1.82, 2.24) is 10.1 Å². The summed E-state index contributed by atoms with van der Waals surface area (Å²) in [5.74, 6) is -0.975. The van der Waals surface area contributed by atoms with Crippen LogP contribution in [0.4, 0.5) is 13.9 Å². The molecule has 8 nitrogen and oxygen atoms in total. The number of fused-ring (bicyclic) bond motifs is 3. The third-order valence-corrected chi connectivity index (χ3v) is 9.38. The fourth-order valence-corrected chi connectivity index (χ4v) is 7.45. The van der Waals surface area contributed by atoms with Crippen LogP contribution in [-0.4, -0.2) is 41.4 Å². The average molecular weight is 577 g/mol. The third kappa shape index (κ3) is 4.55. The Morgan fingerprint density at radius 3 is 2.56 bits per heavy atom. The standard InChI is InChI=1S/C30H26F2N4O4S/c1-38-29(37)16-9-17(13-33)26-24(10-16)41-30(34-26)36-18-7-8-19(36)12-20(11-18)39-14-21-27(35-40-28(21)15-5-6-15)25-22(31)3-2-4-23(25)32/h2-4,9-10,15,18-20H,5-8,11-12,14H2,1H3/t18-,19+,20?. The molecule has 0 radical (unpaired) electrons. The second-order valence-electron chi connectivity index (χ2n) is 10.9. The number of carbonyl (C=O) groups is 1. The van der Waals surface area contributed by atoms with Crippen LogP contribution in [0.1, 0.15) is 71.7 Å². The van der Waals surface area contributed by atoms with Gasteiger partial charge in [-0.25, -0.2) is 18.6 Å². The van der Waals surface area contributed by atoms with E-state index < -0.39 is 17.6 Å². The van der Waals surface area contributed by atoms with E-state index in [0.717, 1.165) is 48.4 Å². The predicted molar refractivity (Wildman–Crippen MR) is 147 cm³/mol. The number of thiazole rings is 1. The van der Waals surface area contributed by atoms with Gasteiger partial charge in [0.05, 0.1) is 41.2 Å². The molecule has 210 valence electrons. The number of aromatic nitrogens is 2. The van der Waals surface area contributed by atoms with Gasteiger partial charge in [-0.15, -0.1) is 0 Å². The maximum Gasteiger partial charge on any atom is 0.337 e. The zero-order valence-corrected chi connectivity index (χ0v) is 23.0. The molecule has 1 unspecified atom stereocenters. The third-order valence-electron chi connectivity index (χ3n) is 8.37. The number of rotatable bonds is 7. The first kappa shape index (κ1) is 26.0. The van der Waals surface area contributed by atoms with Crippen molar-refractivity contribution in [2.75, 3.05) is 12.0 Å². The van der Waals surface area contributed by atoms with E-state index in [9.17, 15) is 18.8 Å². The van der Waals surface area contributed by atoms with Crippen LogP contribution >= 0.6 is 11.3 Å². The number of carbonyl (C=O) groups excluding carboxylic acids is 1. The molecule has 2 aromatic carbocycles. The number of hydrogen-bond donors (Lipinski definition) is 0. The molecule has 41 heavy (non-hydrogen) atoms. The highest BCUT2D eigenvalue weighted by Gasteiger charge is 2.43. The van der Waals surface area contributed by atoms with Crippen LogP contribution in [0, 0.1) is 23.0 Å². The van der Waals surface area contributed by atoms with E-state index >= 15 is 0 Å². The first-order chi connectivity index (χ1) is 19.9. The Bertz CT molecular complexity index is 1670. The summed E-state index contributed by atoms with van der Waals surface area (Å²) in [7, 11) is 1.31. The van der Waals surface area contributed by atoms with E-state index in [1.54, 1.807) is 6.07 Å². The van der Waals surface area contributed by atoms with Gasteiger partial charge < -0.3 is 18.9 Å². The Morgan fingerprint density at radius 2 is 1.90 bits per heavy atom. The SMILES string of the molecule is COC(=O)c1cc(C#N)c2nc(N3[C@@H]4CC[C@H]3CC(OCc3c(-c5c(F)cccc5F)noc3C3CC3)C4)sc2c1. The summed E-state index contributed by atoms with van der Waals surface area (Å²) in [4.78, 5) is 19.3. The molecule has 0 spiro atoms. The molecule has 3 fully saturated rings. The molecule has 3 atom stereocenters. The number of nitrogens with zero attached hydrogens (tertiary/aromatic N) is 4. The minimum atomic E-state index is -0.678. The Balaban J connectivity index is 1.11. The molecule has 11 heteroatoms. The second kappa shape index (κ2) is 10.2. The highest BCUT2D eigenvalue weighted by molar-refractivity contribution is 7.22. The number of nitriles is 1. The second-order valence-corrected chi connectivity index (χ2v) is 11.9. The molecule has 7 rings (SSSR count). The number of ether oxygens (including phenoxy) is 2. The van der Waals surface area contributed by atoms with E-state index in [0.29, 0.717) is 28.0 Å². The van der Waals surface area contributed by atoms with Crippen LogP contribution in [0.15, 0.2) is 34.9 Å². The molecule has 0 amide bonds. The van der Waals surface area contributed by atoms with Crippen molar-refractivity contribution in [2.24, 2.45) is 0 Å². The van der Waals surface area contributed by atoms with E-state index in [-0.39, 0.29) is 42.0 Å². The number of anilines is 1. The summed E-state index contributed by atoms with van der Waals surface area (Å²) in [6, 6.07) is 9.60. The summed E-state index contributed by atoms with van der Waals surface area (Å²) >= 11 is 1.47. The van der Waals surface area contributed by atoms with Gasteiger partial charge in [-0.3, -0.25) is 0 Å². The average Bonchev–Trinajstić information content (AvgIpc) is 3.50. The van der Waals surface area contributed by atoms with Crippen LogP contribution in [0.2, 0.25) is 0 Å². The molecule has 4 heterocycles. The van der Waals surface area contributed by atoms with Crippen molar-refractivity contribution >= 4 is 32.7 Å². The number of methoxy groups -OCH3 is 1. The van der Waals surface area contributed by atoms with Gasteiger partial charge in [-0.1, -0.05) is 22.6 Å². The number of esters is 1. The van der Waals surface area contributed by atoms with Gasteiger partial charge in [0.15, 0.2) is 5.13 Å². The Kier molecular flexibility index (Phi) is 6.47. The molecule has 2 bridgehead atoms. The molecule has 1 saturated carbocycles. The lowest BCUT2D eigenvalue weighted by Gasteiger charge is -2.38. The van der Waals surface area contributed by atoms with Crippen LogP contribution in [0.3, 0.4) is 0 Å². The molecule has 2 aliphatic heterocycles. The summed E-state index contributed by atoms with van der Waals surface area (Å²) in [5.41, 5.74) is 1.89. The molecule has 0 N–H and O–H groups in total. The first-order valence-electron chi connectivity index (χ1n) is 13.7. The Labute approximate surface area is 238 Å². The van der Waals surface area contributed by atoms with Crippen LogP contribution in [0.25, 0.3) is 21.5 Å². The van der Waals surface area contributed by atoms with Crippen molar-refractivity contribution in [1.29, 1.82) is 5.26 Å². The van der Waals surface area contributed by atoms with Crippen molar-refractivity contribution in [3.05, 3.63) is 64.4 Å². The van der Waals surface area contributed by atoms with Crippen LogP contribution < -0.4 is 4.90 Å². The van der Waals surface area contributed by atoms with E-state index in [1.807, 2.05) is 0 Å². The largest absolute Gasteiger partial charge is 0.465 e. The quantitative estimate of drug-likeness (QED) is 0.230. The molecule has 2 aromatic heterocycles. The van der Waals surface area contributed by atoms with Crippen molar-refractivity contribution in [2.45, 2.75) is 69.2 Å². The molecule has 3 aliphatic rings. The van der Waals surface area contributed by atoms with Gasteiger partial charge >= 0.3 is 5.97 Å². The lowest BCUT2D eigenvalue weighted by molar-refractivity contribution is 0.0147. The Morgan fingerprint density at radius 1 is 1.17 bits per heavy atom. The van der Waals surface area contributed by atoms with Gasteiger partial charge in [0.25, 0.3) is 0 Å². The van der Waals surface area contributed by atoms with Crippen molar-refractivity contribution in [3.63, 3.8) is 0 Å². The monoisotopic (exact) mass is 576 g/mol. The van der Waals surface area contributed by atoms with Crippen LogP contribution in [-0.2, 0) is 16.1 Å². The zero-order valence-electron chi connectivity index (χ0n) is 22.2. The fourth-order valence-electron chi connectivity index (χ4n) is 6.27. The number of piperidine rings is 1. The van der Waals surface area contributed by atoms with Gasteiger partial charge in [0, 0.05) is 23.6 Å². The fraction of sp³-hybridized carbons (Fsp3) is 0.400. The van der Waals surface area contributed by atoms with Crippen molar-refractivity contribution in [3.8, 4) is 17.3 Å². The summed E-state index contributed by atoms with van der Waals surface area (Å²) < 4.78 is 46.9. The number of benzene rings is 2.